The van der Waals surface area contributed by atoms with Gasteiger partial charge in [-0.25, -0.2) is 0 Å². The Morgan fingerprint density at radius 1 is 1.50 bits per heavy atom. The van der Waals surface area contributed by atoms with Gasteiger partial charge in [-0.1, -0.05) is 26.4 Å². The highest BCUT2D eigenvalue weighted by Crippen LogP contribution is 2.17. The Labute approximate surface area is 131 Å². The number of nitrogens with zero attached hydrogens (tertiary/aromatic N) is 1. The summed E-state index contributed by atoms with van der Waals surface area (Å²) >= 11 is 2.08. The number of hydrogen-bond acceptors (Lipinski definition) is 3. The summed E-state index contributed by atoms with van der Waals surface area (Å²) in [4.78, 5) is 11.7. The lowest BCUT2D eigenvalue weighted by Gasteiger charge is -2.17. The van der Waals surface area contributed by atoms with Crippen molar-refractivity contribution in [2.45, 2.75) is 38.4 Å². The van der Waals surface area contributed by atoms with Crippen LogP contribution in [0.25, 0.3) is 0 Å². The van der Waals surface area contributed by atoms with E-state index in [0.717, 1.165) is 10.2 Å². The third kappa shape index (κ3) is 6.54. The number of anilines is 1. The Balaban J connectivity index is 2.36. The number of nitrogens with one attached hydrogen (secondary N) is 1. The van der Waals surface area contributed by atoms with E-state index in [4.69, 9.17) is 0 Å². The van der Waals surface area contributed by atoms with Crippen LogP contribution in [-0.4, -0.2) is 21.4 Å². The molecule has 0 spiro atoms. The molecule has 110 valence electrons. The van der Waals surface area contributed by atoms with Gasteiger partial charge in [0.25, 0.3) is 0 Å². The molecule has 0 heterocycles. The first-order chi connectivity index (χ1) is 9.29. The van der Waals surface area contributed by atoms with Crippen LogP contribution in [0.1, 0.15) is 33.6 Å². The zero-order valence-electron chi connectivity index (χ0n) is 11.9. The average molecular weight is 359 g/mol. The van der Waals surface area contributed by atoms with Crippen molar-refractivity contribution in [2.24, 2.45) is 4.40 Å². The molecule has 0 aromatic heterocycles. The Hall–Kier alpha value is -0.850. The molecule has 0 unspecified atom stereocenters. The number of benzene rings is 1. The Morgan fingerprint density at radius 3 is 2.80 bits per heavy atom. The van der Waals surface area contributed by atoms with E-state index < -0.39 is 11.4 Å². The molecular formula is C14H19BrN2O2S. The monoisotopic (exact) mass is 358 g/mol. The van der Waals surface area contributed by atoms with Crippen LogP contribution in [0.2, 0.25) is 0 Å². The van der Waals surface area contributed by atoms with Gasteiger partial charge in [-0.2, -0.15) is 0 Å². The third-order valence-corrected chi connectivity index (χ3v) is 4.18. The van der Waals surface area contributed by atoms with E-state index in [1.54, 1.807) is 6.21 Å². The van der Waals surface area contributed by atoms with Crippen molar-refractivity contribution >= 4 is 45.1 Å². The highest BCUT2D eigenvalue weighted by Gasteiger charge is 2.25. The van der Waals surface area contributed by atoms with Crippen molar-refractivity contribution in [1.82, 2.24) is 0 Å². The topological polar surface area (TPSA) is 64.5 Å². The van der Waals surface area contributed by atoms with Crippen LogP contribution in [-0.2, 0) is 16.2 Å². The van der Waals surface area contributed by atoms with Crippen molar-refractivity contribution in [2.75, 3.05) is 5.32 Å². The molecule has 0 aliphatic heterocycles. The first kappa shape index (κ1) is 17.2. The number of rotatable bonds is 5. The predicted octanol–water partition coefficient (Wildman–Crippen LogP) is 3.70. The lowest BCUT2D eigenvalue weighted by Crippen LogP contribution is -2.25. The molecular weight excluding hydrogens is 340 g/mol. The van der Waals surface area contributed by atoms with Gasteiger partial charge in [0.15, 0.2) is 0 Å². The molecule has 1 aromatic carbocycles. The van der Waals surface area contributed by atoms with E-state index in [0.29, 0.717) is 12.8 Å². The van der Waals surface area contributed by atoms with Gasteiger partial charge in [0, 0.05) is 16.6 Å². The van der Waals surface area contributed by atoms with Crippen molar-refractivity contribution in [1.29, 1.82) is 0 Å². The van der Waals surface area contributed by atoms with Crippen LogP contribution in [0.3, 0.4) is 0 Å². The van der Waals surface area contributed by atoms with E-state index in [1.807, 2.05) is 45.0 Å². The zero-order valence-corrected chi connectivity index (χ0v) is 14.3. The quantitative estimate of drug-likeness (QED) is 0.644. The second-order valence-electron chi connectivity index (χ2n) is 5.25. The second-order valence-corrected chi connectivity index (χ2v) is 8.10. The molecule has 0 aliphatic carbocycles. The van der Waals surface area contributed by atoms with Crippen molar-refractivity contribution in [3.05, 3.63) is 28.7 Å². The van der Waals surface area contributed by atoms with Gasteiger partial charge in [-0.05, 0) is 45.4 Å². The normalized spacial score (nSPS) is 13.4. The molecule has 1 N–H and O–H groups in total. The fraction of sp³-hybridized carbons (Fsp3) is 0.429. The van der Waals surface area contributed by atoms with Crippen LogP contribution in [0.15, 0.2) is 33.1 Å². The van der Waals surface area contributed by atoms with Crippen LogP contribution in [0.5, 0.6) is 0 Å². The number of carbonyl (C=O) groups is 1. The third-order valence-electron chi connectivity index (χ3n) is 2.30. The van der Waals surface area contributed by atoms with Gasteiger partial charge in [-0.15, -0.1) is 0 Å². The number of carbonyl (C=O) groups excluding carboxylic acids is 1. The van der Waals surface area contributed by atoms with E-state index in [1.165, 1.54) is 0 Å². The Bertz CT molecular complexity index is 486. The molecule has 0 aliphatic rings. The Morgan fingerprint density at radius 2 is 2.20 bits per heavy atom. The Kier molecular flexibility index (Phi) is 6.71. The summed E-state index contributed by atoms with van der Waals surface area (Å²) in [6.07, 6.45) is 2.35. The molecule has 1 atom stereocenters. The minimum atomic E-state index is -1.26. The lowest BCUT2D eigenvalue weighted by atomic mass is 10.3. The van der Waals surface area contributed by atoms with Crippen LogP contribution in [0, 0.1) is 0 Å². The van der Waals surface area contributed by atoms with E-state index in [-0.39, 0.29) is 10.7 Å². The first-order valence-electron chi connectivity index (χ1n) is 6.29. The molecule has 4 nitrogen and oxygen atoms in total. The van der Waals surface area contributed by atoms with E-state index in [9.17, 15) is 9.35 Å². The minimum absolute atomic E-state index is 0.0870. The lowest BCUT2D eigenvalue weighted by molar-refractivity contribution is -0.116. The van der Waals surface area contributed by atoms with Crippen molar-refractivity contribution in [3.8, 4) is 0 Å². The fourth-order valence-corrected chi connectivity index (χ4v) is 2.22. The first-order valence-corrected chi connectivity index (χ1v) is 8.19. The van der Waals surface area contributed by atoms with Crippen molar-refractivity contribution < 1.29 is 9.35 Å². The molecule has 1 rings (SSSR count). The standard InChI is InChI=1S/C14H19BrN2O2S/c1-14(2,3)20(19)16-9-5-8-13(18)17-12-7-4-6-11(15)10-12/h4,6-7,9-10H,5,8H2,1-3H3,(H,17,18)/b16-9+/t20-/m0/s1. The predicted molar refractivity (Wildman–Crippen MR) is 88.4 cm³/mol. The number of halogens is 1. The largest absolute Gasteiger partial charge is 0.591 e. The molecule has 0 saturated carbocycles. The van der Waals surface area contributed by atoms with Gasteiger partial charge < -0.3 is 9.87 Å². The summed E-state index contributed by atoms with van der Waals surface area (Å²) in [5.74, 6) is -0.0870. The van der Waals surface area contributed by atoms with Crippen LogP contribution < -0.4 is 5.32 Å². The summed E-state index contributed by atoms with van der Waals surface area (Å²) in [5.41, 5.74) is 0.750. The van der Waals surface area contributed by atoms with Gasteiger partial charge in [0.1, 0.15) is 16.1 Å². The maximum Gasteiger partial charge on any atom is 0.224 e. The molecule has 20 heavy (non-hydrogen) atoms. The maximum absolute atomic E-state index is 11.7. The van der Waals surface area contributed by atoms with E-state index in [2.05, 4.69) is 25.6 Å². The van der Waals surface area contributed by atoms with Gasteiger partial charge in [0.2, 0.25) is 5.91 Å². The van der Waals surface area contributed by atoms with Gasteiger partial charge in [0.05, 0.1) is 6.21 Å². The smallest absolute Gasteiger partial charge is 0.224 e. The van der Waals surface area contributed by atoms with Crippen LogP contribution in [0.4, 0.5) is 5.69 Å². The number of hydrogen-bond donors (Lipinski definition) is 1. The van der Waals surface area contributed by atoms with Gasteiger partial charge >= 0.3 is 0 Å². The van der Waals surface area contributed by atoms with Crippen LogP contribution >= 0.6 is 15.9 Å². The maximum atomic E-state index is 11.7. The zero-order chi connectivity index (χ0) is 15.2. The second kappa shape index (κ2) is 7.81. The summed E-state index contributed by atoms with van der Waals surface area (Å²) in [7, 11) is 0. The molecule has 1 amide bonds. The minimum Gasteiger partial charge on any atom is -0.591 e. The van der Waals surface area contributed by atoms with E-state index >= 15 is 0 Å². The molecule has 0 fully saturated rings. The summed E-state index contributed by atoms with van der Waals surface area (Å²) < 4.78 is 16.1. The molecule has 0 radical (unpaired) electrons. The SMILES string of the molecule is CC(C)(C)[S@+]([O-])/N=C/CCC(=O)Nc1cccc(Br)c1. The fourth-order valence-electron chi connectivity index (χ4n) is 1.26. The summed E-state index contributed by atoms with van der Waals surface area (Å²) in [6.45, 7) is 5.58. The highest BCUT2D eigenvalue weighted by molar-refractivity contribution is 9.10. The summed E-state index contributed by atoms with van der Waals surface area (Å²) in [6, 6.07) is 7.41. The van der Waals surface area contributed by atoms with Gasteiger partial charge in [-0.3, -0.25) is 4.79 Å². The van der Waals surface area contributed by atoms with Crippen molar-refractivity contribution in [3.63, 3.8) is 0 Å². The molecule has 0 saturated heterocycles. The molecule has 1 aromatic rings. The molecule has 0 bridgehead atoms. The highest BCUT2D eigenvalue weighted by atomic mass is 79.9. The average Bonchev–Trinajstić information content (AvgIpc) is 2.33. The number of amides is 1. The molecule has 6 heteroatoms. The summed E-state index contributed by atoms with van der Waals surface area (Å²) in [5, 5.41) is 2.79.